The Balaban J connectivity index is 2.70. The monoisotopic (exact) mass is 314 g/mol. The second-order valence-electron chi connectivity index (χ2n) is 3.86. The summed E-state index contributed by atoms with van der Waals surface area (Å²) in [5.41, 5.74) is 5.97. The van der Waals surface area contributed by atoms with Crippen LogP contribution < -0.4 is 10.5 Å². The number of sulfonamides is 1. The summed E-state index contributed by atoms with van der Waals surface area (Å²) in [7, 11) is -4.54. The number of nitrogens with two attached hydrogens (primary N) is 1. The molecule has 0 bridgehead atoms. The molecular formula is C13H18N2O3S2. The van der Waals surface area contributed by atoms with Gasteiger partial charge in [-0.1, -0.05) is 18.8 Å². The molecule has 1 atom stereocenters. The second kappa shape index (κ2) is 8.17. The summed E-state index contributed by atoms with van der Waals surface area (Å²) < 4.78 is 37.6. The van der Waals surface area contributed by atoms with Crippen molar-refractivity contribution in [2.75, 3.05) is 24.6 Å². The maximum absolute atomic E-state index is 12.0. The second-order valence-corrected chi connectivity index (χ2v) is 7.49. The Kier molecular flexibility index (Phi) is 6.88. The molecule has 0 spiro atoms. The fourth-order valence-electron chi connectivity index (χ4n) is 1.39. The first kappa shape index (κ1) is 16.9. The van der Waals surface area contributed by atoms with E-state index in [2.05, 4.69) is 16.6 Å². The third-order valence-corrected chi connectivity index (χ3v) is 5.22. The molecule has 1 unspecified atom stereocenters. The van der Waals surface area contributed by atoms with Gasteiger partial charge in [0.1, 0.15) is 0 Å². The molecule has 0 amide bonds. The zero-order chi connectivity index (χ0) is 15.0. The van der Waals surface area contributed by atoms with Crippen LogP contribution in [0.3, 0.4) is 0 Å². The molecule has 0 radical (unpaired) electrons. The number of hydrogen-bond acceptors (Lipinski definition) is 4. The third-order valence-electron chi connectivity index (χ3n) is 2.44. The quantitative estimate of drug-likeness (QED) is 0.726. The standard InChI is InChI=1S/C13H18N2O3S2/c1-2-19(16)11-10-15-20(17,18)13-7-5-12(6-8-13)4-3-9-14/h5-8,15H,2,9-11,14H2,1H3. The smallest absolute Gasteiger partial charge is 0.240 e. The molecule has 0 aliphatic rings. The van der Waals surface area contributed by atoms with Gasteiger partial charge in [-0.15, -0.1) is 0 Å². The maximum Gasteiger partial charge on any atom is 0.240 e. The molecule has 0 aliphatic carbocycles. The van der Waals surface area contributed by atoms with E-state index in [0.29, 0.717) is 17.1 Å². The molecule has 0 fully saturated rings. The van der Waals surface area contributed by atoms with Crippen LogP contribution in [0.4, 0.5) is 0 Å². The lowest BCUT2D eigenvalue weighted by molar-refractivity contribution is 0.584. The van der Waals surface area contributed by atoms with Crippen LogP contribution >= 0.6 is 0 Å². The molecule has 110 valence electrons. The molecule has 1 aromatic rings. The van der Waals surface area contributed by atoms with Gasteiger partial charge in [0.05, 0.1) is 11.4 Å². The predicted octanol–water partition coefficient (Wildman–Crippen LogP) is 0.0437. The Hall–Kier alpha value is -1.20. The van der Waals surface area contributed by atoms with Crippen molar-refractivity contribution in [3.05, 3.63) is 29.8 Å². The lowest BCUT2D eigenvalue weighted by Crippen LogP contribution is -2.28. The summed E-state index contributed by atoms with van der Waals surface area (Å²) >= 11 is 0. The van der Waals surface area contributed by atoms with E-state index in [9.17, 15) is 12.6 Å². The summed E-state index contributed by atoms with van der Waals surface area (Å²) in [4.78, 5) is 0.165. The summed E-state index contributed by atoms with van der Waals surface area (Å²) in [6, 6.07) is 6.22. The van der Waals surface area contributed by atoms with Crippen molar-refractivity contribution in [1.82, 2.24) is 4.72 Å². The minimum Gasteiger partial charge on any atom is -0.320 e. The minimum absolute atomic E-state index is 0.164. The van der Waals surface area contributed by atoms with Crippen molar-refractivity contribution in [3.63, 3.8) is 0 Å². The van der Waals surface area contributed by atoms with Gasteiger partial charge in [0.25, 0.3) is 0 Å². The van der Waals surface area contributed by atoms with Crippen molar-refractivity contribution in [3.8, 4) is 11.8 Å². The van der Waals surface area contributed by atoms with Gasteiger partial charge in [0.15, 0.2) is 0 Å². The van der Waals surface area contributed by atoms with Crippen molar-refractivity contribution < 1.29 is 12.6 Å². The number of benzene rings is 1. The van der Waals surface area contributed by atoms with Crippen LogP contribution in [-0.4, -0.2) is 37.2 Å². The molecule has 5 nitrogen and oxygen atoms in total. The van der Waals surface area contributed by atoms with Gasteiger partial charge < -0.3 is 5.73 Å². The highest BCUT2D eigenvalue weighted by atomic mass is 32.2. The van der Waals surface area contributed by atoms with Gasteiger partial charge in [0, 0.05) is 34.4 Å². The normalized spacial score (nSPS) is 12.5. The molecule has 7 heteroatoms. The number of nitrogens with one attached hydrogen (secondary N) is 1. The molecule has 0 aliphatic heterocycles. The molecular weight excluding hydrogens is 296 g/mol. The zero-order valence-corrected chi connectivity index (χ0v) is 12.9. The van der Waals surface area contributed by atoms with Gasteiger partial charge in [-0.05, 0) is 24.3 Å². The first-order valence-electron chi connectivity index (χ1n) is 6.13. The van der Waals surface area contributed by atoms with Crippen LogP contribution in [0.2, 0.25) is 0 Å². The summed E-state index contributed by atoms with van der Waals surface area (Å²) in [5.74, 6) is 6.35. The van der Waals surface area contributed by atoms with Crippen LogP contribution in [-0.2, 0) is 20.8 Å². The Morgan fingerprint density at radius 2 is 1.95 bits per heavy atom. The van der Waals surface area contributed by atoms with E-state index >= 15 is 0 Å². The molecule has 1 aromatic carbocycles. The van der Waals surface area contributed by atoms with Crippen molar-refractivity contribution >= 4 is 20.8 Å². The predicted molar refractivity (Wildman–Crippen MR) is 81.1 cm³/mol. The lowest BCUT2D eigenvalue weighted by atomic mass is 10.2. The largest absolute Gasteiger partial charge is 0.320 e. The molecule has 0 saturated heterocycles. The highest BCUT2D eigenvalue weighted by Gasteiger charge is 2.13. The molecule has 20 heavy (non-hydrogen) atoms. The zero-order valence-electron chi connectivity index (χ0n) is 11.3. The number of rotatable bonds is 6. The van der Waals surface area contributed by atoms with E-state index in [1.54, 1.807) is 19.1 Å². The van der Waals surface area contributed by atoms with Gasteiger partial charge in [-0.3, -0.25) is 4.21 Å². The Bertz CT molecular complexity index is 613. The Labute approximate surface area is 122 Å². The van der Waals surface area contributed by atoms with E-state index in [1.807, 2.05) is 0 Å². The van der Waals surface area contributed by atoms with Crippen LogP contribution in [0.25, 0.3) is 0 Å². The highest BCUT2D eigenvalue weighted by Crippen LogP contribution is 2.09. The van der Waals surface area contributed by atoms with E-state index in [4.69, 9.17) is 5.73 Å². The van der Waals surface area contributed by atoms with Gasteiger partial charge in [-0.2, -0.15) is 0 Å². The topological polar surface area (TPSA) is 89.3 Å². The van der Waals surface area contributed by atoms with Crippen LogP contribution in [0.15, 0.2) is 29.2 Å². The van der Waals surface area contributed by atoms with Crippen molar-refractivity contribution in [2.24, 2.45) is 5.73 Å². The minimum atomic E-state index is -3.56. The number of hydrogen-bond donors (Lipinski definition) is 2. The molecule has 1 rings (SSSR count). The average Bonchev–Trinajstić information content (AvgIpc) is 2.45. The van der Waals surface area contributed by atoms with E-state index in [-0.39, 0.29) is 18.0 Å². The average molecular weight is 314 g/mol. The van der Waals surface area contributed by atoms with Crippen LogP contribution in [0.1, 0.15) is 12.5 Å². The molecule has 0 saturated carbocycles. The lowest BCUT2D eigenvalue weighted by Gasteiger charge is -2.06. The summed E-state index contributed by atoms with van der Waals surface area (Å²) in [6.07, 6.45) is 0. The fourth-order valence-corrected chi connectivity index (χ4v) is 3.17. The molecule has 3 N–H and O–H groups in total. The first-order chi connectivity index (χ1) is 9.49. The maximum atomic E-state index is 12.0. The van der Waals surface area contributed by atoms with Crippen LogP contribution in [0.5, 0.6) is 0 Å². The van der Waals surface area contributed by atoms with E-state index in [1.165, 1.54) is 12.1 Å². The summed E-state index contributed by atoms with van der Waals surface area (Å²) in [6.45, 7) is 2.22. The SMILES string of the molecule is CCS(=O)CCNS(=O)(=O)c1ccc(C#CCN)cc1. The Morgan fingerprint density at radius 1 is 1.30 bits per heavy atom. The van der Waals surface area contributed by atoms with Crippen molar-refractivity contribution in [1.29, 1.82) is 0 Å². The van der Waals surface area contributed by atoms with Crippen LogP contribution in [0, 0.1) is 11.8 Å². The van der Waals surface area contributed by atoms with Gasteiger partial charge in [-0.25, -0.2) is 13.1 Å². The van der Waals surface area contributed by atoms with E-state index < -0.39 is 20.8 Å². The summed E-state index contributed by atoms with van der Waals surface area (Å²) in [5, 5.41) is 0. The fraction of sp³-hybridized carbons (Fsp3) is 0.385. The molecule has 0 aromatic heterocycles. The van der Waals surface area contributed by atoms with Gasteiger partial charge >= 0.3 is 0 Å². The van der Waals surface area contributed by atoms with Gasteiger partial charge in [0.2, 0.25) is 10.0 Å². The molecule has 0 heterocycles. The van der Waals surface area contributed by atoms with Crippen molar-refractivity contribution in [2.45, 2.75) is 11.8 Å². The van der Waals surface area contributed by atoms with E-state index in [0.717, 1.165) is 0 Å². The first-order valence-corrected chi connectivity index (χ1v) is 9.10. The Morgan fingerprint density at radius 3 is 2.50 bits per heavy atom. The third kappa shape index (κ3) is 5.43. The highest BCUT2D eigenvalue weighted by molar-refractivity contribution is 7.89.